The number of imidazole rings is 1. The number of carboxylic acids is 1. The molecule has 0 aliphatic rings. The second-order valence-electron chi connectivity index (χ2n) is 6.47. The molecule has 11 nitrogen and oxygen atoms in total. The summed E-state index contributed by atoms with van der Waals surface area (Å²) in [5, 5.41) is 16.1. The highest BCUT2D eigenvalue weighted by Crippen LogP contribution is 2.05. The fraction of sp³-hybridized carbons (Fsp3) is 0.562. The van der Waals surface area contributed by atoms with Crippen molar-refractivity contribution in [2.45, 2.75) is 45.3 Å². The van der Waals surface area contributed by atoms with Crippen molar-refractivity contribution in [3.8, 4) is 0 Å². The first-order valence-corrected chi connectivity index (χ1v) is 8.44. The Bertz CT molecular complexity index is 658. The molecular formula is C16H26N6O5. The van der Waals surface area contributed by atoms with Crippen LogP contribution in [-0.2, 0) is 25.6 Å². The summed E-state index contributed by atoms with van der Waals surface area (Å²) in [6.07, 6.45) is 2.98. The zero-order valence-electron chi connectivity index (χ0n) is 15.5. The number of hydrogen-bond donors (Lipinski definition) is 6. The van der Waals surface area contributed by atoms with E-state index >= 15 is 0 Å². The average molecular weight is 382 g/mol. The summed E-state index contributed by atoms with van der Waals surface area (Å²) in [5.41, 5.74) is 6.09. The van der Waals surface area contributed by atoms with Crippen LogP contribution in [0.1, 0.15) is 26.5 Å². The standard InChI is InChI=1S/C16H26N6O5/c1-8(2)13(22-14(25)9(3)17)16(27)21-11(4-10-5-18-7-20-10)15(26)19-6-12(23)24/h5,7-9,11,13H,4,6,17H2,1-3H3,(H,18,20)(H,19,26)(H,21,27)(H,22,25)(H,23,24). The number of nitrogens with one attached hydrogen (secondary N) is 4. The second-order valence-corrected chi connectivity index (χ2v) is 6.47. The lowest BCUT2D eigenvalue weighted by Gasteiger charge is -2.25. The molecule has 1 heterocycles. The number of carboxylic acid groups (broad SMARTS) is 1. The van der Waals surface area contributed by atoms with Crippen molar-refractivity contribution in [1.29, 1.82) is 0 Å². The minimum absolute atomic E-state index is 0.0727. The number of aliphatic carboxylic acids is 1. The van der Waals surface area contributed by atoms with Gasteiger partial charge in [-0.2, -0.15) is 0 Å². The van der Waals surface area contributed by atoms with Gasteiger partial charge in [-0.25, -0.2) is 4.98 Å². The fourth-order valence-electron chi connectivity index (χ4n) is 2.19. The SMILES string of the molecule is CC(N)C(=O)NC(C(=O)NC(Cc1cnc[nH]1)C(=O)NCC(=O)O)C(C)C. The number of nitrogens with two attached hydrogens (primary N) is 1. The normalized spacial score (nSPS) is 14.1. The summed E-state index contributed by atoms with van der Waals surface area (Å²) in [7, 11) is 0. The van der Waals surface area contributed by atoms with Crippen LogP contribution >= 0.6 is 0 Å². The Morgan fingerprint density at radius 3 is 2.30 bits per heavy atom. The van der Waals surface area contributed by atoms with E-state index in [2.05, 4.69) is 25.9 Å². The van der Waals surface area contributed by atoms with Crippen LogP contribution in [0.15, 0.2) is 12.5 Å². The predicted octanol–water partition coefficient (Wildman–Crippen LogP) is -1.87. The van der Waals surface area contributed by atoms with Crippen molar-refractivity contribution in [3.05, 3.63) is 18.2 Å². The van der Waals surface area contributed by atoms with Gasteiger partial charge in [0.15, 0.2) is 0 Å². The van der Waals surface area contributed by atoms with E-state index in [-0.39, 0.29) is 12.3 Å². The molecule has 7 N–H and O–H groups in total. The van der Waals surface area contributed by atoms with E-state index in [0.717, 1.165) is 0 Å². The smallest absolute Gasteiger partial charge is 0.322 e. The molecule has 0 aliphatic carbocycles. The van der Waals surface area contributed by atoms with Crippen LogP contribution in [0.4, 0.5) is 0 Å². The third kappa shape index (κ3) is 7.44. The minimum Gasteiger partial charge on any atom is -0.480 e. The number of hydrogen-bond acceptors (Lipinski definition) is 6. The number of aromatic amines is 1. The first-order valence-electron chi connectivity index (χ1n) is 8.44. The van der Waals surface area contributed by atoms with E-state index in [9.17, 15) is 19.2 Å². The molecule has 3 amide bonds. The van der Waals surface area contributed by atoms with Gasteiger partial charge in [-0.3, -0.25) is 19.2 Å². The molecule has 0 radical (unpaired) electrons. The fourth-order valence-corrected chi connectivity index (χ4v) is 2.19. The Kier molecular flexibility index (Phi) is 8.39. The van der Waals surface area contributed by atoms with Crippen molar-refractivity contribution in [3.63, 3.8) is 0 Å². The third-order valence-electron chi connectivity index (χ3n) is 3.69. The van der Waals surface area contributed by atoms with Gasteiger partial charge in [-0.05, 0) is 12.8 Å². The lowest BCUT2D eigenvalue weighted by molar-refractivity contribution is -0.138. The van der Waals surface area contributed by atoms with Crippen LogP contribution in [-0.4, -0.2) is 63.4 Å². The molecule has 27 heavy (non-hydrogen) atoms. The van der Waals surface area contributed by atoms with Gasteiger partial charge in [0.05, 0.1) is 12.4 Å². The summed E-state index contributed by atoms with van der Waals surface area (Å²) >= 11 is 0. The third-order valence-corrected chi connectivity index (χ3v) is 3.69. The number of nitrogens with zero attached hydrogens (tertiary/aromatic N) is 1. The summed E-state index contributed by atoms with van der Waals surface area (Å²) in [5.74, 6) is -3.21. The maximum Gasteiger partial charge on any atom is 0.322 e. The van der Waals surface area contributed by atoms with Crippen LogP contribution < -0.4 is 21.7 Å². The van der Waals surface area contributed by atoms with Gasteiger partial charge in [-0.1, -0.05) is 13.8 Å². The number of amides is 3. The molecule has 1 rings (SSSR count). The summed E-state index contributed by atoms with van der Waals surface area (Å²) < 4.78 is 0. The van der Waals surface area contributed by atoms with E-state index in [0.29, 0.717) is 5.69 Å². The molecular weight excluding hydrogens is 356 g/mol. The van der Waals surface area contributed by atoms with Crippen LogP contribution in [0, 0.1) is 5.92 Å². The summed E-state index contributed by atoms with van der Waals surface area (Å²) in [6.45, 7) is 4.38. The number of carbonyl (C=O) groups is 4. The van der Waals surface area contributed by atoms with Crippen molar-refractivity contribution < 1.29 is 24.3 Å². The molecule has 1 aromatic heterocycles. The van der Waals surface area contributed by atoms with Crippen molar-refractivity contribution >= 4 is 23.7 Å². The molecule has 0 spiro atoms. The van der Waals surface area contributed by atoms with Gasteiger partial charge in [0.1, 0.15) is 18.6 Å². The largest absolute Gasteiger partial charge is 0.480 e. The second kappa shape index (κ2) is 10.3. The highest BCUT2D eigenvalue weighted by atomic mass is 16.4. The number of carbonyl (C=O) groups excluding carboxylic acids is 3. The molecule has 150 valence electrons. The van der Waals surface area contributed by atoms with Crippen LogP contribution in [0.5, 0.6) is 0 Å². The van der Waals surface area contributed by atoms with Gasteiger partial charge in [0.25, 0.3) is 0 Å². The lowest BCUT2D eigenvalue weighted by atomic mass is 10.0. The predicted molar refractivity (Wildman–Crippen MR) is 95.3 cm³/mol. The minimum atomic E-state index is -1.21. The quantitative estimate of drug-likeness (QED) is 0.274. The van der Waals surface area contributed by atoms with E-state index in [1.165, 1.54) is 19.4 Å². The molecule has 0 fully saturated rings. The zero-order valence-corrected chi connectivity index (χ0v) is 15.5. The van der Waals surface area contributed by atoms with Crippen molar-refractivity contribution in [2.24, 2.45) is 11.7 Å². The van der Waals surface area contributed by atoms with Crippen LogP contribution in [0.25, 0.3) is 0 Å². The number of H-pyrrole nitrogens is 1. The molecule has 1 aromatic rings. The topological polar surface area (TPSA) is 179 Å². The molecule has 0 aliphatic heterocycles. The molecule has 11 heteroatoms. The lowest BCUT2D eigenvalue weighted by Crippen LogP contribution is -2.57. The highest BCUT2D eigenvalue weighted by molar-refractivity contribution is 5.93. The molecule has 0 saturated carbocycles. The molecule has 0 aromatic carbocycles. The average Bonchev–Trinajstić information content (AvgIpc) is 3.09. The maximum atomic E-state index is 12.6. The van der Waals surface area contributed by atoms with Crippen LogP contribution in [0.3, 0.4) is 0 Å². The van der Waals surface area contributed by atoms with Crippen molar-refractivity contribution in [1.82, 2.24) is 25.9 Å². The van der Waals surface area contributed by atoms with Crippen molar-refractivity contribution in [2.75, 3.05) is 6.54 Å². The van der Waals surface area contributed by atoms with Gasteiger partial charge < -0.3 is 31.8 Å². The first kappa shape index (κ1) is 22.1. The van der Waals surface area contributed by atoms with Gasteiger partial charge in [-0.15, -0.1) is 0 Å². The highest BCUT2D eigenvalue weighted by Gasteiger charge is 2.29. The van der Waals surface area contributed by atoms with E-state index in [1.807, 2.05) is 0 Å². The Balaban J connectivity index is 2.89. The van der Waals surface area contributed by atoms with E-state index < -0.39 is 48.4 Å². The molecule has 0 bridgehead atoms. The summed E-state index contributed by atoms with van der Waals surface area (Å²) in [4.78, 5) is 54.1. The summed E-state index contributed by atoms with van der Waals surface area (Å²) in [6, 6.07) is -2.75. The molecule has 3 atom stereocenters. The Morgan fingerprint density at radius 1 is 1.15 bits per heavy atom. The van der Waals surface area contributed by atoms with Crippen LogP contribution in [0.2, 0.25) is 0 Å². The molecule has 0 saturated heterocycles. The first-order chi connectivity index (χ1) is 12.6. The Labute approximate surface area is 156 Å². The van der Waals surface area contributed by atoms with E-state index in [4.69, 9.17) is 10.8 Å². The van der Waals surface area contributed by atoms with Gasteiger partial charge in [0.2, 0.25) is 17.7 Å². The Morgan fingerprint density at radius 2 is 1.81 bits per heavy atom. The zero-order chi connectivity index (χ0) is 20.6. The van der Waals surface area contributed by atoms with Gasteiger partial charge in [0, 0.05) is 18.3 Å². The van der Waals surface area contributed by atoms with E-state index in [1.54, 1.807) is 13.8 Å². The Hall–Kier alpha value is -2.95. The van der Waals surface area contributed by atoms with Gasteiger partial charge >= 0.3 is 5.97 Å². The molecule has 3 unspecified atom stereocenters. The maximum absolute atomic E-state index is 12.6. The number of aromatic nitrogens is 2. The number of rotatable bonds is 10. The monoisotopic (exact) mass is 382 g/mol.